The summed E-state index contributed by atoms with van der Waals surface area (Å²) in [6.45, 7) is 0. The van der Waals surface area contributed by atoms with Gasteiger partial charge in [0.1, 0.15) is 0 Å². The molecular weight excluding hydrogens is 132 g/mol. The van der Waals surface area contributed by atoms with Crippen LogP contribution in [-0.2, 0) is 0 Å². The molecule has 0 bridgehead atoms. The fourth-order valence-corrected chi connectivity index (χ4v) is 0.587. The number of hydrogen-bond donors (Lipinski definition) is 2. The zero-order valence-corrected chi connectivity index (χ0v) is 5.77. The molecule has 0 aromatic carbocycles. The lowest BCUT2D eigenvalue weighted by molar-refractivity contribution is 0.319. The van der Waals surface area contributed by atoms with E-state index in [4.69, 9.17) is 10.4 Å². The highest BCUT2D eigenvalue weighted by molar-refractivity contribution is 5.57. The Morgan fingerprint density at radius 1 is 0.900 bits per heavy atom. The van der Waals surface area contributed by atoms with Crippen LogP contribution in [0.4, 0.5) is 0 Å². The molecule has 0 unspecified atom stereocenters. The Hall–Kier alpha value is -1.06. The average Bonchev–Trinajstić information content (AvgIpc) is 1.97. The van der Waals surface area contributed by atoms with Crippen molar-refractivity contribution in [2.75, 3.05) is 0 Å². The Bertz CT molecular complexity index is 98.3. The summed E-state index contributed by atoms with van der Waals surface area (Å²) in [5.41, 5.74) is 0. The second kappa shape index (κ2) is 7.94. The third-order valence-corrected chi connectivity index (χ3v) is 1.08. The van der Waals surface area contributed by atoms with Crippen LogP contribution in [-0.4, -0.2) is 22.8 Å². The second-order valence-electron chi connectivity index (χ2n) is 1.88. The minimum absolute atomic E-state index is 0.774. The largest absolute Gasteiger partial charge is 0.411 e. The predicted octanol–water partition coefficient (Wildman–Crippen LogP) is 1.47. The van der Waals surface area contributed by atoms with Crippen LogP contribution in [0.5, 0.6) is 0 Å². The first-order valence-electron chi connectivity index (χ1n) is 3.23. The average molecular weight is 144 g/mol. The Labute approximate surface area is 59.9 Å². The summed E-state index contributed by atoms with van der Waals surface area (Å²) >= 11 is 0. The lowest BCUT2D eigenvalue weighted by Gasteiger charge is -1.88. The molecule has 0 aromatic rings. The van der Waals surface area contributed by atoms with Gasteiger partial charge in [-0.05, 0) is 25.7 Å². The molecule has 0 radical (unpaired) electrons. The minimum atomic E-state index is 0.774. The molecule has 0 heterocycles. The molecule has 2 N–H and O–H groups in total. The summed E-state index contributed by atoms with van der Waals surface area (Å²) in [7, 11) is 0. The van der Waals surface area contributed by atoms with Crippen LogP contribution in [0, 0.1) is 0 Å². The molecule has 0 amide bonds. The standard InChI is InChI=1S/C6H12N2O2/c9-7-5-3-1-2-4-6-8-10/h5-6,9-10H,1-4H2/b7-5+,8-6+. The van der Waals surface area contributed by atoms with Crippen LogP contribution in [0.2, 0.25) is 0 Å². The summed E-state index contributed by atoms with van der Waals surface area (Å²) in [6, 6.07) is 0. The van der Waals surface area contributed by atoms with Crippen molar-refractivity contribution in [3.05, 3.63) is 0 Å². The van der Waals surface area contributed by atoms with Gasteiger partial charge in [0.25, 0.3) is 0 Å². The van der Waals surface area contributed by atoms with Crippen molar-refractivity contribution in [1.82, 2.24) is 0 Å². The van der Waals surface area contributed by atoms with E-state index in [9.17, 15) is 0 Å². The smallest absolute Gasteiger partial charge is 0.0435 e. The highest BCUT2D eigenvalue weighted by Gasteiger charge is 1.83. The van der Waals surface area contributed by atoms with Gasteiger partial charge in [-0.3, -0.25) is 0 Å². The fraction of sp³-hybridized carbons (Fsp3) is 0.667. The molecular formula is C6H12N2O2. The molecule has 4 nitrogen and oxygen atoms in total. The monoisotopic (exact) mass is 144 g/mol. The first-order chi connectivity index (χ1) is 4.91. The molecule has 10 heavy (non-hydrogen) atoms. The van der Waals surface area contributed by atoms with Crippen molar-refractivity contribution in [1.29, 1.82) is 0 Å². The first kappa shape index (κ1) is 8.94. The zero-order valence-electron chi connectivity index (χ0n) is 5.77. The molecule has 0 rings (SSSR count). The number of rotatable bonds is 5. The minimum Gasteiger partial charge on any atom is -0.411 e. The maximum atomic E-state index is 7.97. The van der Waals surface area contributed by atoms with Crippen LogP contribution in [0.25, 0.3) is 0 Å². The summed E-state index contributed by atoms with van der Waals surface area (Å²) in [6.07, 6.45) is 6.36. The van der Waals surface area contributed by atoms with Gasteiger partial charge in [0.05, 0.1) is 0 Å². The van der Waals surface area contributed by atoms with E-state index in [0.29, 0.717) is 0 Å². The number of oxime groups is 2. The molecule has 0 aliphatic heterocycles. The van der Waals surface area contributed by atoms with Gasteiger partial charge in [-0.15, -0.1) is 10.3 Å². The summed E-state index contributed by atoms with van der Waals surface area (Å²) in [5, 5.41) is 21.6. The molecule has 0 atom stereocenters. The molecule has 0 saturated carbocycles. The van der Waals surface area contributed by atoms with Crippen molar-refractivity contribution in [3.63, 3.8) is 0 Å². The number of nitrogens with zero attached hydrogens (tertiary/aromatic N) is 2. The first-order valence-corrected chi connectivity index (χ1v) is 3.23. The van der Waals surface area contributed by atoms with Gasteiger partial charge in [-0.1, -0.05) is 0 Å². The topological polar surface area (TPSA) is 65.2 Å². The second-order valence-corrected chi connectivity index (χ2v) is 1.88. The van der Waals surface area contributed by atoms with Gasteiger partial charge in [0.2, 0.25) is 0 Å². The Morgan fingerprint density at radius 2 is 1.30 bits per heavy atom. The maximum Gasteiger partial charge on any atom is 0.0435 e. The highest BCUT2D eigenvalue weighted by Crippen LogP contribution is 1.95. The molecule has 0 aliphatic carbocycles. The summed E-state index contributed by atoms with van der Waals surface area (Å²) < 4.78 is 0. The van der Waals surface area contributed by atoms with E-state index in [-0.39, 0.29) is 0 Å². The molecule has 0 aromatic heterocycles. The molecule has 0 saturated heterocycles. The summed E-state index contributed by atoms with van der Waals surface area (Å²) in [4.78, 5) is 0. The van der Waals surface area contributed by atoms with Crippen LogP contribution in [0.3, 0.4) is 0 Å². The third-order valence-electron chi connectivity index (χ3n) is 1.08. The van der Waals surface area contributed by atoms with Gasteiger partial charge in [-0.2, -0.15) is 0 Å². The van der Waals surface area contributed by atoms with Gasteiger partial charge >= 0.3 is 0 Å². The van der Waals surface area contributed by atoms with Crippen molar-refractivity contribution in [3.8, 4) is 0 Å². The van der Waals surface area contributed by atoms with Crippen molar-refractivity contribution >= 4 is 12.4 Å². The Morgan fingerprint density at radius 3 is 1.60 bits per heavy atom. The SMILES string of the molecule is O/N=C/CCCC/C=N/O. The molecule has 0 fully saturated rings. The van der Waals surface area contributed by atoms with Crippen LogP contribution in [0.15, 0.2) is 10.3 Å². The van der Waals surface area contributed by atoms with E-state index >= 15 is 0 Å². The molecule has 4 heteroatoms. The normalized spacial score (nSPS) is 11.6. The van der Waals surface area contributed by atoms with Crippen LogP contribution >= 0.6 is 0 Å². The quantitative estimate of drug-likeness (QED) is 0.265. The molecule has 0 aliphatic rings. The van der Waals surface area contributed by atoms with Crippen LogP contribution in [0.1, 0.15) is 25.7 Å². The lowest BCUT2D eigenvalue weighted by Crippen LogP contribution is -1.80. The van der Waals surface area contributed by atoms with Gasteiger partial charge in [0, 0.05) is 12.4 Å². The van der Waals surface area contributed by atoms with E-state index < -0.39 is 0 Å². The van der Waals surface area contributed by atoms with Gasteiger partial charge in [0.15, 0.2) is 0 Å². The highest BCUT2D eigenvalue weighted by atomic mass is 16.4. The lowest BCUT2D eigenvalue weighted by atomic mass is 10.2. The third kappa shape index (κ3) is 6.94. The van der Waals surface area contributed by atoms with E-state index in [0.717, 1.165) is 25.7 Å². The van der Waals surface area contributed by atoms with Crippen LogP contribution < -0.4 is 0 Å². The van der Waals surface area contributed by atoms with Crippen molar-refractivity contribution in [2.24, 2.45) is 10.3 Å². The number of hydrogen-bond acceptors (Lipinski definition) is 4. The van der Waals surface area contributed by atoms with E-state index in [1.165, 1.54) is 12.4 Å². The molecule has 0 spiro atoms. The zero-order chi connectivity index (χ0) is 7.66. The van der Waals surface area contributed by atoms with Crippen molar-refractivity contribution < 1.29 is 10.4 Å². The van der Waals surface area contributed by atoms with E-state index in [2.05, 4.69) is 10.3 Å². The Balaban J connectivity index is 2.90. The summed E-state index contributed by atoms with van der Waals surface area (Å²) in [5.74, 6) is 0. The van der Waals surface area contributed by atoms with Gasteiger partial charge < -0.3 is 10.4 Å². The van der Waals surface area contributed by atoms with E-state index in [1.807, 2.05) is 0 Å². The van der Waals surface area contributed by atoms with Gasteiger partial charge in [-0.25, -0.2) is 0 Å². The Kier molecular flexibility index (Phi) is 7.10. The number of unbranched alkanes of at least 4 members (excludes halogenated alkanes) is 3. The maximum absolute atomic E-state index is 7.97. The van der Waals surface area contributed by atoms with E-state index in [1.54, 1.807) is 0 Å². The fourth-order valence-electron chi connectivity index (χ4n) is 0.587. The van der Waals surface area contributed by atoms with Crippen molar-refractivity contribution in [2.45, 2.75) is 25.7 Å². The predicted molar refractivity (Wildman–Crippen MR) is 39.0 cm³/mol. The molecule has 58 valence electrons.